The van der Waals surface area contributed by atoms with Crippen molar-refractivity contribution < 1.29 is 5.11 Å². The molecule has 1 aliphatic heterocycles. The molecule has 3 aliphatic rings. The Labute approximate surface area is 110 Å². The predicted octanol–water partition coefficient (Wildman–Crippen LogP) is 3.22. The first kappa shape index (κ1) is 12.0. The minimum absolute atomic E-state index is 0.300. The minimum atomic E-state index is -0.300. The third-order valence-corrected chi connectivity index (χ3v) is 4.82. The number of nitrogens with zero attached hydrogens (tertiary/aromatic N) is 1. The summed E-state index contributed by atoms with van der Waals surface area (Å²) in [6, 6.07) is 0. The molecule has 98 valence electrons. The van der Waals surface area contributed by atoms with Crippen molar-refractivity contribution in [1.29, 1.82) is 0 Å². The summed E-state index contributed by atoms with van der Waals surface area (Å²) in [5.41, 5.74) is 2.68. The highest BCUT2D eigenvalue weighted by Gasteiger charge is 2.41. The van der Waals surface area contributed by atoms with Crippen LogP contribution in [0.1, 0.15) is 38.5 Å². The summed E-state index contributed by atoms with van der Waals surface area (Å²) in [6.07, 6.45) is 13.4. The van der Waals surface area contributed by atoms with Crippen LogP contribution in [-0.4, -0.2) is 22.8 Å². The van der Waals surface area contributed by atoms with Gasteiger partial charge in [-0.3, -0.25) is 0 Å². The summed E-state index contributed by atoms with van der Waals surface area (Å²) >= 11 is 0. The van der Waals surface area contributed by atoms with Gasteiger partial charge in [0, 0.05) is 18.2 Å². The van der Waals surface area contributed by atoms with E-state index in [1.54, 1.807) is 5.57 Å². The van der Waals surface area contributed by atoms with Gasteiger partial charge in [0.1, 0.15) is 6.23 Å². The van der Waals surface area contributed by atoms with E-state index in [1.165, 1.54) is 19.3 Å². The number of hydrogen-bond acceptors (Lipinski definition) is 2. The molecule has 18 heavy (non-hydrogen) atoms. The Kier molecular flexibility index (Phi) is 3.29. The van der Waals surface area contributed by atoms with E-state index in [-0.39, 0.29) is 6.23 Å². The zero-order valence-electron chi connectivity index (χ0n) is 11.0. The molecule has 2 nitrogen and oxygen atoms in total. The molecule has 3 unspecified atom stereocenters. The van der Waals surface area contributed by atoms with Gasteiger partial charge in [0.25, 0.3) is 0 Å². The summed E-state index contributed by atoms with van der Waals surface area (Å²) in [4.78, 5) is 2.13. The lowest BCUT2D eigenvalue weighted by atomic mass is 9.67. The van der Waals surface area contributed by atoms with Gasteiger partial charge in [0.2, 0.25) is 0 Å². The molecule has 0 radical (unpaired) electrons. The van der Waals surface area contributed by atoms with Crippen LogP contribution in [0.2, 0.25) is 0 Å². The van der Waals surface area contributed by atoms with Crippen LogP contribution in [0.3, 0.4) is 0 Å². The maximum absolute atomic E-state index is 10.6. The second kappa shape index (κ2) is 4.93. The highest BCUT2D eigenvalue weighted by molar-refractivity contribution is 5.23. The van der Waals surface area contributed by atoms with Gasteiger partial charge in [0.05, 0.1) is 0 Å². The molecule has 0 spiro atoms. The lowest BCUT2D eigenvalue weighted by Gasteiger charge is -2.45. The van der Waals surface area contributed by atoms with Crippen molar-refractivity contribution in [2.75, 3.05) is 6.54 Å². The van der Waals surface area contributed by atoms with Crippen LogP contribution in [0.5, 0.6) is 0 Å². The molecule has 1 saturated heterocycles. The minimum Gasteiger partial charge on any atom is -0.373 e. The largest absolute Gasteiger partial charge is 0.373 e. The molecular formula is C16H23NO. The average Bonchev–Trinajstić information content (AvgIpc) is 2.75. The van der Waals surface area contributed by atoms with Crippen molar-refractivity contribution in [3.05, 3.63) is 36.1 Å². The second-order valence-electron chi connectivity index (χ2n) is 5.83. The number of hydrogen-bond donors (Lipinski definition) is 1. The van der Waals surface area contributed by atoms with Gasteiger partial charge in [-0.05, 0) is 44.4 Å². The second-order valence-corrected chi connectivity index (χ2v) is 5.83. The molecular weight excluding hydrogens is 222 g/mol. The number of aliphatic hydroxyl groups is 1. The number of allylic oxidation sites excluding steroid dienone is 5. The number of aliphatic hydroxyl groups excluding tert-OH is 1. The summed E-state index contributed by atoms with van der Waals surface area (Å²) in [5, 5.41) is 10.6. The van der Waals surface area contributed by atoms with E-state index in [4.69, 9.17) is 0 Å². The van der Waals surface area contributed by atoms with Gasteiger partial charge in [-0.25, -0.2) is 0 Å². The molecule has 2 fully saturated rings. The predicted molar refractivity (Wildman–Crippen MR) is 73.8 cm³/mol. The first-order valence-electron chi connectivity index (χ1n) is 7.25. The third-order valence-electron chi connectivity index (χ3n) is 4.82. The van der Waals surface area contributed by atoms with Crippen LogP contribution in [0.4, 0.5) is 0 Å². The van der Waals surface area contributed by atoms with E-state index in [0.717, 1.165) is 31.5 Å². The fourth-order valence-corrected chi connectivity index (χ4v) is 3.58. The fraction of sp³-hybridized carbons (Fsp3) is 0.625. The third kappa shape index (κ3) is 2.03. The molecule has 1 heterocycles. The molecule has 0 amide bonds. The highest BCUT2D eigenvalue weighted by Crippen LogP contribution is 2.45. The first-order valence-corrected chi connectivity index (χ1v) is 7.25. The van der Waals surface area contributed by atoms with Crippen molar-refractivity contribution in [3.8, 4) is 0 Å². The summed E-state index contributed by atoms with van der Waals surface area (Å²) < 4.78 is 0. The number of rotatable bonds is 3. The van der Waals surface area contributed by atoms with Crippen LogP contribution >= 0.6 is 0 Å². The maximum Gasteiger partial charge on any atom is 0.130 e. The molecule has 0 aromatic heterocycles. The Balaban J connectivity index is 1.67. The molecule has 1 saturated carbocycles. The Bertz CT molecular complexity index is 396. The van der Waals surface area contributed by atoms with Gasteiger partial charge >= 0.3 is 0 Å². The topological polar surface area (TPSA) is 23.5 Å². The van der Waals surface area contributed by atoms with Crippen molar-refractivity contribution in [2.45, 2.75) is 44.8 Å². The molecule has 0 aromatic rings. The Morgan fingerprint density at radius 2 is 2.22 bits per heavy atom. The summed E-state index contributed by atoms with van der Waals surface area (Å²) in [7, 11) is 0. The van der Waals surface area contributed by atoms with E-state index >= 15 is 0 Å². The molecule has 3 atom stereocenters. The van der Waals surface area contributed by atoms with Crippen LogP contribution in [0.25, 0.3) is 0 Å². The average molecular weight is 245 g/mol. The standard InChI is InChI=1S/C16H23NO/c1-12-6-5-11-17(12)16(18)15-10-9-14(15)13-7-3-2-4-8-13/h2-3,7,14-16,18H,1,4-6,8-11H2. The molecule has 2 heteroatoms. The molecule has 0 aromatic carbocycles. The molecule has 1 N–H and O–H groups in total. The van der Waals surface area contributed by atoms with E-state index in [0.29, 0.717) is 11.8 Å². The van der Waals surface area contributed by atoms with Crippen LogP contribution < -0.4 is 0 Å². The van der Waals surface area contributed by atoms with E-state index in [2.05, 4.69) is 29.7 Å². The summed E-state index contributed by atoms with van der Waals surface area (Å²) in [5.74, 6) is 1.04. The van der Waals surface area contributed by atoms with Crippen molar-refractivity contribution in [2.24, 2.45) is 11.8 Å². The smallest absolute Gasteiger partial charge is 0.130 e. The van der Waals surface area contributed by atoms with E-state index < -0.39 is 0 Å². The van der Waals surface area contributed by atoms with Gasteiger partial charge in [-0.1, -0.05) is 30.4 Å². The lowest BCUT2D eigenvalue weighted by Crippen LogP contribution is -2.46. The zero-order valence-corrected chi connectivity index (χ0v) is 11.0. The highest BCUT2D eigenvalue weighted by atomic mass is 16.3. The Morgan fingerprint density at radius 3 is 2.78 bits per heavy atom. The molecule has 2 aliphatic carbocycles. The molecule has 3 rings (SSSR count). The van der Waals surface area contributed by atoms with Crippen LogP contribution in [0, 0.1) is 11.8 Å². The van der Waals surface area contributed by atoms with Gasteiger partial charge in [0.15, 0.2) is 0 Å². The van der Waals surface area contributed by atoms with E-state index in [1.807, 2.05) is 0 Å². The maximum atomic E-state index is 10.6. The quantitative estimate of drug-likeness (QED) is 0.825. The van der Waals surface area contributed by atoms with Crippen molar-refractivity contribution in [3.63, 3.8) is 0 Å². The van der Waals surface area contributed by atoms with Crippen molar-refractivity contribution in [1.82, 2.24) is 4.90 Å². The van der Waals surface area contributed by atoms with Crippen LogP contribution in [0.15, 0.2) is 36.1 Å². The lowest BCUT2D eigenvalue weighted by molar-refractivity contribution is -0.0608. The van der Waals surface area contributed by atoms with Gasteiger partial charge in [-0.15, -0.1) is 0 Å². The number of likely N-dealkylation sites (tertiary alicyclic amines) is 1. The van der Waals surface area contributed by atoms with E-state index in [9.17, 15) is 5.11 Å². The zero-order chi connectivity index (χ0) is 12.5. The fourth-order valence-electron chi connectivity index (χ4n) is 3.58. The van der Waals surface area contributed by atoms with Gasteiger partial charge in [-0.2, -0.15) is 0 Å². The van der Waals surface area contributed by atoms with Crippen molar-refractivity contribution >= 4 is 0 Å². The van der Waals surface area contributed by atoms with Gasteiger partial charge < -0.3 is 10.0 Å². The molecule has 0 bridgehead atoms. The van der Waals surface area contributed by atoms with Crippen LogP contribution in [-0.2, 0) is 0 Å². The normalized spacial score (nSPS) is 33.3. The monoisotopic (exact) mass is 245 g/mol. The Morgan fingerprint density at radius 1 is 1.33 bits per heavy atom. The Hall–Kier alpha value is -1.02. The first-order chi connectivity index (χ1) is 8.77. The SMILES string of the molecule is C=C1CCCN1C(O)C1CCC1C1=CC=CCC1. The summed E-state index contributed by atoms with van der Waals surface area (Å²) in [6.45, 7) is 5.06.